The van der Waals surface area contributed by atoms with Gasteiger partial charge >= 0.3 is 5.97 Å². The SMILES string of the molecule is CC(C)(C(=O)O)c1ccc(NC(=O)c2n[nH]c3ccccc23)cc1. The number of hydrogen-bond acceptors (Lipinski definition) is 3. The van der Waals surface area contributed by atoms with Crippen LogP contribution in [0.25, 0.3) is 10.9 Å². The Balaban J connectivity index is 1.81. The van der Waals surface area contributed by atoms with Crippen LogP contribution in [0.15, 0.2) is 48.5 Å². The number of aromatic amines is 1. The average Bonchev–Trinajstić information content (AvgIpc) is 2.99. The number of carboxylic acid groups (broad SMARTS) is 1. The van der Waals surface area contributed by atoms with Crippen molar-refractivity contribution in [1.82, 2.24) is 10.2 Å². The summed E-state index contributed by atoms with van der Waals surface area (Å²) in [6.45, 7) is 3.28. The van der Waals surface area contributed by atoms with Crippen LogP contribution in [0.5, 0.6) is 0 Å². The van der Waals surface area contributed by atoms with Crippen LogP contribution in [0, 0.1) is 0 Å². The number of anilines is 1. The fourth-order valence-corrected chi connectivity index (χ4v) is 2.42. The third-order valence-corrected chi connectivity index (χ3v) is 4.08. The van der Waals surface area contributed by atoms with Crippen molar-refractivity contribution in [2.45, 2.75) is 19.3 Å². The number of nitrogens with zero attached hydrogens (tertiary/aromatic N) is 1. The van der Waals surface area contributed by atoms with Gasteiger partial charge in [0.25, 0.3) is 5.91 Å². The molecule has 24 heavy (non-hydrogen) atoms. The van der Waals surface area contributed by atoms with Gasteiger partial charge in [0.2, 0.25) is 0 Å². The van der Waals surface area contributed by atoms with Crippen molar-refractivity contribution in [1.29, 1.82) is 0 Å². The van der Waals surface area contributed by atoms with E-state index in [-0.39, 0.29) is 5.91 Å². The molecule has 0 spiro atoms. The Morgan fingerprint density at radius 3 is 2.42 bits per heavy atom. The summed E-state index contributed by atoms with van der Waals surface area (Å²) in [5, 5.41) is 19.7. The maximum atomic E-state index is 12.4. The second kappa shape index (κ2) is 5.81. The molecular formula is C18H17N3O3. The Morgan fingerprint density at radius 2 is 1.75 bits per heavy atom. The molecule has 1 heterocycles. The molecule has 1 aromatic heterocycles. The highest BCUT2D eigenvalue weighted by Crippen LogP contribution is 2.25. The minimum Gasteiger partial charge on any atom is -0.481 e. The van der Waals surface area contributed by atoms with Gasteiger partial charge in [-0.1, -0.05) is 30.3 Å². The molecule has 0 aliphatic heterocycles. The first-order valence-electron chi connectivity index (χ1n) is 7.48. The molecule has 2 aromatic carbocycles. The molecule has 0 unspecified atom stereocenters. The zero-order valence-corrected chi connectivity index (χ0v) is 13.3. The summed E-state index contributed by atoms with van der Waals surface area (Å²) in [4.78, 5) is 23.7. The number of rotatable bonds is 4. The van der Waals surface area contributed by atoms with Crippen LogP contribution in [0.4, 0.5) is 5.69 Å². The zero-order valence-electron chi connectivity index (χ0n) is 13.3. The van der Waals surface area contributed by atoms with Crippen molar-refractivity contribution in [2.75, 3.05) is 5.32 Å². The Hall–Kier alpha value is -3.15. The molecule has 0 fully saturated rings. The number of para-hydroxylation sites is 1. The fourth-order valence-electron chi connectivity index (χ4n) is 2.42. The van der Waals surface area contributed by atoms with Crippen LogP contribution in [-0.2, 0) is 10.2 Å². The van der Waals surface area contributed by atoms with Gasteiger partial charge in [0.15, 0.2) is 5.69 Å². The van der Waals surface area contributed by atoms with E-state index >= 15 is 0 Å². The lowest BCUT2D eigenvalue weighted by Gasteiger charge is -2.19. The van der Waals surface area contributed by atoms with Crippen molar-refractivity contribution < 1.29 is 14.7 Å². The number of aromatic nitrogens is 2. The smallest absolute Gasteiger partial charge is 0.313 e. The molecule has 0 atom stereocenters. The van der Waals surface area contributed by atoms with Crippen molar-refractivity contribution in [3.63, 3.8) is 0 Å². The average molecular weight is 323 g/mol. The van der Waals surface area contributed by atoms with Gasteiger partial charge in [-0.25, -0.2) is 0 Å². The number of nitrogens with one attached hydrogen (secondary N) is 2. The summed E-state index contributed by atoms with van der Waals surface area (Å²) in [6.07, 6.45) is 0. The molecule has 0 aliphatic rings. The first kappa shape index (κ1) is 15.7. The van der Waals surface area contributed by atoms with Crippen LogP contribution in [0.2, 0.25) is 0 Å². The van der Waals surface area contributed by atoms with E-state index in [1.165, 1.54) is 0 Å². The van der Waals surface area contributed by atoms with Gasteiger partial charge in [0, 0.05) is 11.1 Å². The summed E-state index contributed by atoms with van der Waals surface area (Å²) >= 11 is 0. The van der Waals surface area contributed by atoms with Crippen LogP contribution in [-0.4, -0.2) is 27.2 Å². The predicted octanol–water partition coefficient (Wildman–Crippen LogP) is 3.18. The first-order valence-corrected chi connectivity index (χ1v) is 7.48. The lowest BCUT2D eigenvalue weighted by molar-refractivity contribution is -0.142. The molecule has 0 radical (unpaired) electrons. The highest BCUT2D eigenvalue weighted by molar-refractivity contribution is 6.11. The first-order chi connectivity index (χ1) is 11.4. The molecule has 0 aliphatic carbocycles. The monoisotopic (exact) mass is 323 g/mol. The number of benzene rings is 2. The molecule has 6 nitrogen and oxygen atoms in total. The van der Waals surface area contributed by atoms with E-state index in [9.17, 15) is 14.7 Å². The van der Waals surface area contributed by atoms with Crippen LogP contribution < -0.4 is 5.32 Å². The number of aliphatic carboxylic acids is 1. The van der Waals surface area contributed by atoms with Crippen molar-refractivity contribution in [3.8, 4) is 0 Å². The van der Waals surface area contributed by atoms with Gasteiger partial charge in [-0.3, -0.25) is 14.7 Å². The zero-order chi connectivity index (χ0) is 17.3. The Bertz CT molecular complexity index is 911. The maximum absolute atomic E-state index is 12.4. The normalized spacial score (nSPS) is 11.4. The van der Waals surface area contributed by atoms with Crippen molar-refractivity contribution in [3.05, 3.63) is 59.8 Å². The third kappa shape index (κ3) is 2.74. The molecule has 1 amide bonds. The predicted molar refractivity (Wildman–Crippen MR) is 91.2 cm³/mol. The number of carboxylic acids is 1. The standard InChI is InChI=1S/C18H17N3O3/c1-18(2,17(23)24)11-7-9-12(10-8-11)19-16(22)15-13-5-3-4-6-14(13)20-21-15/h3-10H,1-2H3,(H,19,22)(H,20,21)(H,23,24). The largest absolute Gasteiger partial charge is 0.481 e. The van der Waals surface area contributed by atoms with Gasteiger partial charge in [0.05, 0.1) is 10.9 Å². The van der Waals surface area contributed by atoms with Crippen molar-refractivity contribution >= 4 is 28.5 Å². The second-order valence-corrected chi connectivity index (χ2v) is 6.08. The summed E-state index contributed by atoms with van der Waals surface area (Å²) < 4.78 is 0. The molecule has 3 aromatic rings. The Kier molecular flexibility index (Phi) is 3.81. The fraction of sp³-hybridized carbons (Fsp3) is 0.167. The quantitative estimate of drug-likeness (QED) is 0.687. The van der Waals surface area contributed by atoms with E-state index < -0.39 is 11.4 Å². The van der Waals surface area contributed by atoms with Gasteiger partial charge in [-0.2, -0.15) is 5.10 Å². The molecule has 0 saturated heterocycles. The van der Waals surface area contributed by atoms with Gasteiger partial charge in [-0.05, 0) is 37.6 Å². The summed E-state index contributed by atoms with van der Waals surface area (Å²) in [5.74, 6) is -1.22. The van der Waals surface area contributed by atoms with E-state index in [0.717, 1.165) is 10.9 Å². The maximum Gasteiger partial charge on any atom is 0.313 e. The summed E-state index contributed by atoms with van der Waals surface area (Å²) in [7, 11) is 0. The van der Waals surface area contributed by atoms with Gasteiger partial charge in [-0.15, -0.1) is 0 Å². The summed E-state index contributed by atoms with van der Waals surface area (Å²) in [5.41, 5.74) is 1.37. The number of carbonyl (C=O) groups excluding carboxylic acids is 1. The van der Waals surface area contributed by atoms with Crippen LogP contribution in [0.3, 0.4) is 0 Å². The second-order valence-electron chi connectivity index (χ2n) is 6.08. The van der Waals surface area contributed by atoms with Gasteiger partial charge in [0.1, 0.15) is 0 Å². The lowest BCUT2D eigenvalue weighted by Crippen LogP contribution is -2.28. The van der Waals surface area contributed by atoms with E-state index in [0.29, 0.717) is 16.9 Å². The highest BCUT2D eigenvalue weighted by Gasteiger charge is 2.29. The number of amides is 1. The van der Waals surface area contributed by atoms with Gasteiger partial charge < -0.3 is 10.4 Å². The highest BCUT2D eigenvalue weighted by atomic mass is 16.4. The van der Waals surface area contributed by atoms with Crippen LogP contribution in [0.1, 0.15) is 29.9 Å². The van der Waals surface area contributed by atoms with Crippen molar-refractivity contribution in [2.24, 2.45) is 0 Å². The third-order valence-electron chi connectivity index (χ3n) is 4.08. The Labute approximate surface area is 138 Å². The molecular weight excluding hydrogens is 306 g/mol. The number of hydrogen-bond donors (Lipinski definition) is 3. The molecule has 3 rings (SSSR count). The molecule has 0 bridgehead atoms. The molecule has 0 saturated carbocycles. The number of H-pyrrole nitrogens is 1. The topological polar surface area (TPSA) is 95.1 Å². The van der Waals surface area contributed by atoms with E-state index in [1.54, 1.807) is 38.1 Å². The summed E-state index contributed by atoms with van der Waals surface area (Å²) in [6, 6.07) is 14.2. The van der Waals surface area contributed by atoms with E-state index in [1.807, 2.05) is 24.3 Å². The number of carbonyl (C=O) groups is 2. The Morgan fingerprint density at radius 1 is 1.08 bits per heavy atom. The lowest BCUT2D eigenvalue weighted by atomic mass is 9.85. The molecule has 6 heteroatoms. The minimum absolute atomic E-state index is 0.320. The minimum atomic E-state index is -0.985. The number of fused-ring (bicyclic) bond motifs is 1. The van der Waals surface area contributed by atoms with E-state index in [2.05, 4.69) is 15.5 Å². The van der Waals surface area contributed by atoms with E-state index in [4.69, 9.17) is 0 Å². The van der Waals surface area contributed by atoms with Crippen LogP contribution >= 0.6 is 0 Å². The molecule has 122 valence electrons. The molecule has 3 N–H and O–H groups in total.